The van der Waals surface area contributed by atoms with E-state index in [1.807, 2.05) is 6.20 Å². The third-order valence-corrected chi connectivity index (χ3v) is 8.94. The number of allylic oxidation sites excluding steroid dienone is 2. The van der Waals surface area contributed by atoms with Gasteiger partial charge in [0.2, 0.25) is 0 Å². The number of rotatable bonds is 1. The molecule has 26 heavy (non-hydrogen) atoms. The molecule has 4 aliphatic rings. The second kappa shape index (κ2) is 6.19. The number of fused-ring (bicyclic) bond motifs is 5. The van der Waals surface area contributed by atoms with E-state index in [1.54, 1.807) is 5.57 Å². The summed E-state index contributed by atoms with van der Waals surface area (Å²) in [6.45, 7) is 7.18. The fourth-order valence-corrected chi connectivity index (χ4v) is 7.52. The molecule has 2 saturated carbocycles. The Morgan fingerprint density at radius 3 is 2.88 bits per heavy atom. The molecule has 0 bridgehead atoms. The molecule has 0 amide bonds. The average molecular weight is 352 g/mol. The van der Waals surface area contributed by atoms with E-state index in [9.17, 15) is 0 Å². The second-order valence-electron chi connectivity index (χ2n) is 9.89. The number of hydrogen-bond donors (Lipinski definition) is 0. The first-order valence-electron chi connectivity index (χ1n) is 10.8. The van der Waals surface area contributed by atoms with Gasteiger partial charge < -0.3 is 4.74 Å². The van der Waals surface area contributed by atoms with Crippen LogP contribution in [-0.2, 0) is 4.74 Å². The zero-order chi connectivity index (χ0) is 17.8. The molecule has 3 fully saturated rings. The molecular formula is C24H33NO. The van der Waals surface area contributed by atoms with Gasteiger partial charge in [-0.1, -0.05) is 26.0 Å². The van der Waals surface area contributed by atoms with Crippen LogP contribution in [0, 0.1) is 34.5 Å². The topological polar surface area (TPSA) is 22.1 Å². The minimum Gasteiger partial charge on any atom is -0.381 e. The van der Waals surface area contributed by atoms with Gasteiger partial charge in [0.25, 0.3) is 0 Å². The van der Waals surface area contributed by atoms with Gasteiger partial charge in [-0.3, -0.25) is 4.98 Å². The summed E-state index contributed by atoms with van der Waals surface area (Å²) in [5, 5.41) is 0. The Kier molecular flexibility index (Phi) is 4.04. The minimum atomic E-state index is 0.356. The predicted octanol–water partition coefficient (Wildman–Crippen LogP) is 5.74. The number of ether oxygens (including phenoxy) is 1. The highest BCUT2D eigenvalue weighted by molar-refractivity contribution is 5.72. The van der Waals surface area contributed by atoms with E-state index < -0.39 is 0 Å². The molecule has 2 heteroatoms. The zero-order valence-electron chi connectivity index (χ0n) is 16.4. The van der Waals surface area contributed by atoms with Crippen LogP contribution in [0.3, 0.4) is 0 Å². The van der Waals surface area contributed by atoms with Crippen molar-refractivity contribution in [1.82, 2.24) is 4.98 Å². The molecule has 0 aromatic carbocycles. The largest absolute Gasteiger partial charge is 0.381 e. The number of hydrogen-bond acceptors (Lipinski definition) is 2. The van der Waals surface area contributed by atoms with Crippen LogP contribution < -0.4 is 0 Å². The highest BCUT2D eigenvalue weighted by Crippen LogP contribution is 2.66. The number of aromatic nitrogens is 1. The van der Waals surface area contributed by atoms with Crippen molar-refractivity contribution in [2.45, 2.75) is 58.8 Å². The van der Waals surface area contributed by atoms with Gasteiger partial charge in [0.15, 0.2) is 0 Å². The van der Waals surface area contributed by atoms with Gasteiger partial charge >= 0.3 is 0 Å². The van der Waals surface area contributed by atoms with Gasteiger partial charge in [-0.05, 0) is 96.7 Å². The molecule has 6 atom stereocenters. The van der Waals surface area contributed by atoms with E-state index in [0.717, 1.165) is 36.9 Å². The molecule has 1 saturated heterocycles. The summed E-state index contributed by atoms with van der Waals surface area (Å²) in [6, 6.07) is 4.36. The first kappa shape index (κ1) is 17.0. The molecule has 1 aromatic heterocycles. The van der Waals surface area contributed by atoms with Gasteiger partial charge in [-0.2, -0.15) is 0 Å². The summed E-state index contributed by atoms with van der Waals surface area (Å²) in [4.78, 5) is 4.40. The van der Waals surface area contributed by atoms with Crippen LogP contribution in [0.25, 0.3) is 5.57 Å². The Labute approximate surface area is 158 Å². The van der Waals surface area contributed by atoms with Crippen molar-refractivity contribution >= 4 is 5.57 Å². The normalized spacial score (nSPS) is 45.1. The van der Waals surface area contributed by atoms with Crippen molar-refractivity contribution in [3.8, 4) is 0 Å². The Balaban J connectivity index is 1.45. The first-order valence-corrected chi connectivity index (χ1v) is 10.8. The maximum absolute atomic E-state index is 5.97. The van der Waals surface area contributed by atoms with Crippen molar-refractivity contribution in [3.05, 3.63) is 36.2 Å². The van der Waals surface area contributed by atoms with Crippen molar-refractivity contribution in [1.29, 1.82) is 0 Å². The third-order valence-electron chi connectivity index (χ3n) is 8.94. The lowest BCUT2D eigenvalue weighted by Crippen LogP contribution is -2.51. The standard InChI is InChI=1S/C24H33NO/c1-23-11-4-14-26-16-18(23)6-7-19-21-9-8-20(17-5-3-13-25-15-17)24(21,2)12-10-22(19)23/h3,5,8,13,15,18-19,21-22H,4,6-7,9-12,14,16H2,1-2H3/t18-,19-,21-,22?,23-,24+/m0/s1. The molecule has 5 rings (SSSR count). The Hall–Kier alpha value is -1.15. The van der Waals surface area contributed by atoms with Crippen molar-refractivity contribution in [2.75, 3.05) is 13.2 Å². The molecular weight excluding hydrogens is 318 g/mol. The zero-order valence-corrected chi connectivity index (χ0v) is 16.4. The van der Waals surface area contributed by atoms with Crippen molar-refractivity contribution in [3.63, 3.8) is 0 Å². The van der Waals surface area contributed by atoms with Crippen LogP contribution in [0.2, 0.25) is 0 Å². The highest BCUT2D eigenvalue weighted by atomic mass is 16.5. The lowest BCUT2D eigenvalue weighted by molar-refractivity contribution is -0.0884. The summed E-state index contributed by atoms with van der Waals surface area (Å²) in [5.41, 5.74) is 3.82. The monoisotopic (exact) mass is 351 g/mol. The minimum absolute atomic E-state index is 0.356. The van der Waals surface area contributed by atoms with Crippen LogP contribution in [-0.4, -0.2) is 18.2 Å². The van der Waals surface area contributed by atoms with Gasteiger partial charge in [0, 0.05) is 25.6 Å². The summed E-state index contributed by atoms with van der Waals surface area (Å²) in [5.74, 6) is 3.43. The van der Waals surface area contributed by atoms with E-state index in [2.05, 4.69) is 43.2 Å². The van der Waals surface area contributed by atoms with Gasteiger partial charge in [0.1, 0.15) is 0 Å². The van der Waals surface area contributed by atoms with Crippen molar-refractivity contribution < 1.29 is 4.74 Å². The fourth-order valence-electron chi connectivity index (χ4n) is 7.52. The quantitative estimate of drug-likeness (QED) is 0.643. The fraction of sp³-hybridized carbons (Fsp3) is 0.708. The summed E-state index contributed by atoms with van der Waals surface area (Å²) in [7, 11) is 0. The highest BCUT2D eigenvalue weighted by Gasteiger charge is 2.57. The molecule has 1 aromatic rings. The maximum Gasteiger partial charge on any atom is 0.0499 e. The second-order valence-corrected chi connectivity index (χ2v) is 9.89. The van der Waals surface area contributed by atoms with Crippen molar-refractivity contribution in [2.24, 2.45) is 34.5 Å². The molecule has 0 N–H and O–H groups in total. The Bertz CT molecular complexity index is 697. The Morgan fingerprint density at radius 1 is 1.12 bits per heavy atom. The van der Waals surface area contributed by atoms with E-state index in [1.165, 1.54) is 50.5 Å². The summed E-state index contributed by atoms with van der Waals surface area (Å²) in [6.07, 6.45) is 16.0. The van der Waals surface area contributed by atoms with E-state index >= 15 is 0 Å². The number of pyridine rings is 1. The molecule has 2 nitrogen and oxygen atoms in total. The van der Waals surface area contributed by atoms with Crippen LogP contribution in [0.5, 0.6) is 0 Å². The maximum atomic E-state index is 5.97. The predicted molar refractivity (Wildman–Crippen MR) is 106 cm³/mol. The lowest BCUT2D eigenvalue weighted by Gasteiger charge is -2.58. The molecule has 0 radical (unpaired) electrons. The molecule has 140 valence electrons. The van der Waals surface area contributed by atoms with Crippen LogP contribution in [0.4, 0.5) is 0 Å². The average Bonchev–Trinajstić information content (AvgIpc) is 2.88. The van der Waals surface area contributed by atoms with Crippen LogP contribution in [0.15, 0.2) is 30.6 Å². The first-order chi connectivity index (χ1) is 12.6. The van der Waals surface area contributed by atoms with Crippen LogP contribution in [0.1, 0.15) is 64.4 Å². The van der Waals surface area contributed by atoms with Gasteiger partial charge in [0.05, 0.1) is 0 Å². The third kappa shape index (κ3) is 2.37. The smallest absolute Gasteiger partial charge is 0.0499 e. The summed E-state index contributed by atoms with van der Waals surface area (Å²) < 4.78 is 5.97. The summed E-state index contributed by atoms with van der Waals surface area (Å²) >= 11 is 0. The Morgan fingerprint density at radius 2 is 2.04 bits per heavy atom. The van der Waals surface area contributed by atoms with E-state index in [4.69, 9.17) is 4.74 Å². The van der Waals surface area contributed by atoms with Gasteiger partial charge in [-0.25, -0.2) is 0 Å². The lowest BCUT2D eigenvalue weighted by atomic mass is 9.46. The van der Waals surface area contributed by atoms with Gasteiger partial charge in [-0.15, -0.1) is 0 Å². The number of nitrogens with zero attached hydrogens (tertiary/aromatic N) is 1. The molecule has 0 spiro atoms. The molecule has 2 heterocycles. The molecule has 1 aliphatic heterocycles. The van der Waals surface area contributed by atoms with E-state index in [0.29, 0.717) is 10.8 Å². The van der Waals surface area contributed by atoms with E-state index in [-0.39, 0.29) is 0 Å². The molecule has 3 aliphatic carbocycles. The van der Waals surface area contributed by atoms with Crippen LogP contribution >= 0.6 is 0 Å². The molecule has 1 unspecified atom stereocenters. The SMILES string of the molecule is C[C@]12CCC3[C@@H](CC[C@H]4COCCC[C@]34C)[C@@H]1CC=C2c1cccnc1.